The van der Waals surface area contributed by atoms with Gasteiger partial charge in [-0.15, -0.1) is 0 Å². The fraction of sp³-hybridized carbons (Fsp3) is 0.650. The summed E-state index contributed by atoms with van der Waals surface area (Å²) in [5, 5.41) is 12.9. The smallest absolute Gasteiger partial charge is 0.251 e. The summed E-state index contributed by atoms with van der Waals surface area (Å²) in [4.78, 5) is 14.8. The van der Waals surface area contributed by atoms with Crippen molar-refractivity contribution in [1.29, 1.82) is 0 Å². The van der Waals surface area contributed by atoms with E-state index < -0.39 is 5.60 Å². The molecule has 0 spiro atoms. The molecule has 0 unspecified atom stereocenters. The standard InChI is InChI=1S/C20H32N2O2/c1-16-7-4-5-13-22(16)14-12-21-19(23)18-9-6-8-17(15-18)10-11-20(2,3)24/h6,8-9,15-16,24H,4-5,7,10-14H2,1-3H3,(H,21,23)/t16-/m0/s1. The monoisotopic (exact) mass is 332 g/mol. The van der Waals surface area contributed by atoms with Gasteiger partial charge in [-0.3, -0.25) is 9.69 Å². The van der Waals surface area contributed by atoms with Crippen molar-refractivity contribution in [3.8, 4) is 0 Å². The van der Waals surface area contributed by atoms with Crippen molar-refractivity contribution in [2.75, 3.05) is 19.6 Å². The first kappa shape index (κ1) is 18.9. The third-order valence-electron chi connectivity index (χ3n) is 4.84. The van der Waals surface area contributed by atoms with Gasteiger partial charge in [0.15, 0.2) is 0 Å². The highest BCUT2D eigenvalue weighted by Gasteiger charge is 2.18. The second kappa shape index (κ2) is 8.63. The highest BCUT2D eigenvalue weighted by Crippen LogP contribution is 2.16. The Kier molecular flexibility index (Phi) is 6.81. The van der Waals surface area contributed by atoms with Crippen LogP contribution in [0.2, 0.25) is 0 Å². The minimum Gasteiger partial charge on any atom is -0.390 e. The molecular formula is C20H32N2O2. The minimum absolute atomic E-state index is 0.00947. The number of benzene rings is 1. The molecule has 24 heavy (non-hydrogen) atoms. The zero-order chi connectivity index (χ0) is 17.6. The Morgan fingerprint density at radius 3 is 2.88 bits per heavy atom. The Labute approximate surface area is 146 Å². The van der Waals surface area contributed by atoms with Crippen LogP contribution in [-0.2, 0) is 6.42 Å². The van der Waals surface area contributed by atoms with Crippen molar-refractivity contribution < 1.29 is 9.90 Å². The van der Waals surface area contributed by atoms with Crippen LogP contribution in [0.4, 0.5) is 0 Å². The fourth-order valence-electron chi connectivity index (χ4n) is 3.22. The van der Waals surface area contributed by atoms with E-state index >= 15 is 0 Å². The fourth-order valence-corrected chi connectivity index (χ4v) is 3.22. The number of hydrogen-bond acceptors (Lipinski definition) is 3. The number of aryl methyl sites for hydroxylation is 1. The maximum atomic E-state index is 12.3. The normalized spacial score (nSPS) is 19.2. The number of aliphatic hydroxyl groups is 1. The van der Waals surface area contributed by atoms with E-state index in [1.54, 1.807) is 0 Å². The van der Waals surface area contributed by atoms with Gasteiger partial charge in [0.2, 0.25) is 0 Å². The predicted molar refractivity (Wildman–Crippen MR) is 98.3 cm³/mol. The number of amides is 1. The molecule has 1 atom stereocenters. The van der Waals surface area contributed by atoms with Crippen LogP contribution in [0.15, 0.2) is 24.3 Å². The van der Waals surface area contributed by atoms with Crippen LogP contribution < -0.4 is 5.32 Å². The van der Waals surface area contributed by atoms with E-state index in [0.29, 0.717) is 24.6 Å². The van der Waals surface area contributed by atoms with E-state index in [-0.39, 0.29) is 5.91 Å². The second-order valence-corrected chi connectivity index (χ2v) is 7.65. The van der Waals surface area contributed by atoms with Gasteiger partial charge >= 0.3 is 0 Å². The van der Waals surface area contributed by atoms with Gasteiger partial charge in [-0.25, -0.2) is 0 Å². The second-order valence-electron chi connectivity index (χ2n) is 7.65. The summed E-state index contributed by atoms with van der Waals surface area (Å²) in [5.41, 5.74) is 1.12. The van der Waals surface area contributed by atoms with Gasteiger partial charge in [-0.2, -0.15) is 0 Å². The number of carbonyl (C=O) groups excluding carboxylic acids is 1. The maximum absolute atomic E-state index is 12.3. The van der Waals surface area contributed by atoms with Gasteiger partial charge in [0.1, 0.15) is 0 Å². The van der Waals surface area contributed by atoms with E-state index in [1.165, 1.54) is 19.3 Å². The van der Waals surface area contributed by atoms with E-state index in [4.69, 9.17) is 0 Å². The molecule has 1 aliphatic rings. The first-order valence-corrected chi connectivity index (χ1v) is 9.19. The summed E-state index contributed by atoms with van der Waals surface area (Å²) in [7, 11) is 0. The molecule has 0 aromatic heterocycles. The molecule has 0 bridgehead atoms. The van der Waals surface area contributed by atoms with Crippen molar-refractivity contribution in [2.45, 2.75) is 64.5 Å². The van der Waals surface area contributed by atoms with Gasteiger partial charge in [-0.1, -0.05) is 18.6 Å². The topological polar surface area (TPSA) is 52.6 Å². The van der Waals surface area contributed by atoms with E-state index in [1.807, 2.05) is 38.1 Å². The first-order chi connectivity index (χ1) is 11.3. The number of likely N-dealkylation sites (tertiary alicyclic amines) is 1. The van der Waals surface area contributed by atoms with Crippen LogP contribution in [0, 0.1) is 0 Å². The van der Waals surface area contributed by atoms with Crippen molar-refractivity contribution in [1.82, 2.24) is 10.2 Å². The number of piperidine rings is 1. The summed E-state index contributed by atoms with van der Waals surface area (Å²) in [6, 6.07) is 8.34. The molecule has 1 aromatic carbocycles. The molecule has 1 fully saturated rings. The quantitative estimate of drug-likeness (QED) is 0.807. The van der Waals surface area contributed by atoms with Crippen molar-refractivity contribution in [2.24, 2.45) is 0 Å². The van der Waals surface area contributed by atoms with Gasteiger partial charge < -0.3 is 10.4 Å². The molecular weight excluding hydrogens is 300 g/mol. The summed E-state index contributed by atoms with van der Waals surface area (Å²) in [6.45, 7) is 8.65. The van der Waals surface area contributed by atoms with Gasteiger partial charge in [0.25, 0.3) is 5.91 Å². The lowest BCUT2D eigenvalue weighted by molar-refractivity contribution is 0.0714. The Morgan fingerprint density at radius 1 is 1.38 bits per heavy atom. The molecule has 1 saturated heterocycles. The molecule has 1 aromatic rings. The van der Waals surface area contributed by atoms with Crippen LogP contribution in [0.1, 0.15) is 62.4 Å². The zero-order valence-corrected chi connectivity index (χ0v) is 15.3. The SMILES string of the molecule is C[C@H]1CCCCN1CCNC(=O)c1cccc(CCC(C)(C)O)c1. The molecule has 0 aliphatic carbocycles. The number of carbonyl (C=O) groups is 1. The largest absolute Gasteiger partial charge is 0.390 e. The Bertz CT molecular complexity index is 537. The molecule has 1 heterocycles. The molecule has 1 amide bonds. The highest BCUT2D eigenvalue weighted by molar-refractivity contribution is 5.94. The average molecular weight is 332 g/mol. The van der Waals surface area contributed by atoms with Crippen LogP contribution in [0.3, 0.4) is 0 Å². The summed E-state index contributed by atoms with van der Waals surface area (Å²) in [5.74, 6) is -0.00947. The van der Waals surface area contributed by atoms with Crippen LogP contribution in [-0.4, -0.2) is 47.2 Å². The lowest BCUT2D eigenvalue weighted by atomic mass is 9.98. The third-order valence-corrected chi connectivity index (χ3v) is 4.84. The average Bonchev–Trinajstić information content (AvgIpc) is 2.54. The van der Waals surface area contributed by atoms with E-state index in [2.05, 4.69) is 17.1 Å². The Morgan fingerprint density at radius 2 is 2.17 bits per heavy atom. The van der Waals surface area contributed by atoms with Crippen LogP contribution >= 0.6 is 0 Å². The zero-order valence-electron chi connectivity index (χ0n) is 15.3. The highest BCUT2D eigenvalue weighted by atomic mass is 16.3. The van der Waals surface area contributed by atoms with Gasteiger partial charge in [0, 0.05) is 24.7 Å². The lowest BCUT2D eigenvalue weighted by Crippen LogP contribution is -2.42. The molecule has 2 rings (SSSR count). The Hall–Kier alpha value is -1.39. The maximum Gasteiger partial charge on any atom is 0.251 e. The molecule has 4 heteroatoms. The van der Waals surface area contributed by atoms with Crippen LogP contribution in [0.25, 0.3) is 0 Å². The van der Waals surface area contributed by atoms with Crippen molar-refractivity contribution in [3.63, 3.8) is 0 Å². The van der Waals surface area contributed by atoms with Crippen molar-refractivity contribution in [3.05, 3.63) is 35.4 Å². The first-order valence-electron chi connectivity index (χ1n) is 9.19. The number of rotatable bonds is 7. The van der Waals surface area contributed by atoms with E-state index in [9.17, 15) is 9.90 Å². The molecule has 134 valence electrons. The summed E-state index contributed by atoms with van der Waals surface area (Å²) >= 11 is 0. The Balaban J connectivity index is 1.81. The lowest BCUT2D eigenvalue weighted by Gasteiger charge is -2.33. The minimum atomic E-state index is -0.677. The van der Waals surface area contributed by atoms with E-state index in [0.717, 1.165) is 25.1 Å². The molecule has 0 radical (unpaired) electrons. The van der Waals surface area contributed by atoms with Gasteiger partial charge in [0.05, 0.1) is 5.60 Å². The molecule has 1 aliphatic heterocycles. The van der Waals surface area contributed by atoms with Crippen LogP contribution in [0.5, 0.6) is 0 Å². The van der Waals surface area contributed by atoms with Crippen molar-refractivity contribution >= 4 is 5.91 Å². The third kappa shape index (κ3) is 6.25. The molecule has 2 N–H and O–H groups in total. The number of hydrogen-bond donors (Lipinski definition) is 2. The predicted octanol–water partition coefficient (Wildman–Crippen LogP) is 2.99. The number of nitrogens with one attached hydrogen (secondary N) is 1. The summed E-state index contributed by atoms with van der Waals surface area (Å²) in [6.07, 6.45) is 5.31. The van der Waals surface area contributed by atoms with Gasteiger partial charge in [-0.05, 0) is 70.7 Å². The number of nitrogens with zero attached hydrogens (tertiary/aromatic N) is 1. The summed E-state index contributed by atoms with van der Waals surface area (Å²) < 4.78 is 0. The molecule has 4 nitrogen and oxygen atoms in total. The molecule has 0 saturated carbocycles.